The number of nitrogens with zero attached hydrogens (tertiary/aromatic N) is 2. The van der Waals surface area contributed by atoms with Crippen LogP contribution in [0.25, 0.3) is 0 Å². The molecule has 1 aliphatic heterocycles. The van der Waals surface area contributed by atoms with Gasteiger partial charge in [-0.1, -0.05) is 0 Å². The second-order valence-corrected chi connectivity index (χ2v) is 3.06. The molecule has 11 heavy (non-hydrogen) atoms. The maximum absolute atomic E-state index is 3.90. The molecule has 1 rings (SSSR count). The Bertz CT molecular complexity index is 94.8. The van der Waals surface area contributed by atoms with Gasteiger partial charge < -0.3 is 5.32 Å². The minimum Gasteiger partial charge on any atom is -0.318 e. The topological polar surface area (TPSA) is 18.5 Å². The first kappa shape index (κ1) is 8.97. The minimum absolute atomic E-state index is 1.09. The fourth-order valence-electron chi connectivity index (χ4n) is 1.28. The van der Waals surface area contributed by atoms with E-state index in [9.17, 15) is 0 Å². The molecule has 3 nitrogen and oxygen atoms in total. The normalized spacial score (nSPS) is 22.4. The summed E-state index contributed by atoms with van der Waals surface area (Å²) in [6, 6.07) is 0. The monoisotopic (exact) mass is 156 g/mol. The second kappa shape index (κ2) is 4.70. The van der Waals surface area contributed by atoms with Gasteiger partial charge in [-0.05, 0) is 7.05 Å². The van der Waals surface area contributed by atoms with Crippen molar-refractivity contribution in [2.45, 2.75) is 0 Å². The fourth-order valence-corrected chi connectivity index (χ4v) is 1.28. The van der Waals surface area contributed by atoms with E-state index in [1.54, 1.807) is 0 Å². The maximum atomic E-state index is 3.90. The van der Waals surface area contributed by atoms with Crippen molar-refractivity contribution in [1.82, 2.24) is 15.1 Å². The van der Waals surface area contributed by atoms with Gasteiger partial charge in [-0.2, -0.15) is 0 Å². The highest BCUT2D eigenvalue weighted by Crippen LogP contribution is 1.97. The van der Waals surface area contributed by atoms with E-state index in [1.807, 2.05) is 7.05 Å². The first-order valence-corrected chi connectivity index (χ1v) is 4.25. The van der Waals surface area contributed by atoms with Gasteiger partial charge in [0.2, 0.25) is 0 Å². The van der Waals surface area contributed by atoms with Crippen LogP contribution in [0.1, 0.15) is 0 Å². The van der Waals surface area contributed by atoms with Crippen LogP contribution in [-0.2, 0) is 0 Å². The summed E-state index contributed by atoms with van der Waals surface area (Å²) in [6.45, 7) is 6.84. The molecule has 0 bridgehead atoms. The van der Waals surface area contributed by atoms with E-state index in [0.717, 1.165) is 19.6 Å². The molecule has 65 valence electrons. The zero-order valence-corrected chi connectivity index (χ0v) is 7.34. The largest absolute Gasteiger partial charge is 0.318 e. The Morgan fingerprint density at radius 1 is 1.27 bits per heavy atom. The van der Waals surface area contributed by atoms with Gasteiger partial charge in [0.15, 0.2) is 0 Å². The molecular weight excluding hydrogens is 138 g/mol. The molecule has 0 atom stereocenters. The lowest BCUT2D eigenvalue weighted by atomic mass is 10.3. The number of rotatable bonds is 3. The second-order valence-electron chi connectivity index (χ2n) is 3.06. The van der Waals surface area contributed by atoms with E-state index in [1.165, 1.54) is 19.6 Å². The van der Waals surface area contributed by atoms with Gasteiger partial charge in [0.25, 0.3) is 0 Å². The molecule has 1 radical (unpaired) electrons. The number of hydrogen-bond acceptors (Lipinski definition) is 3. The predicted molar refractivity (Wildman–Crippen MR) is 47.3 cm³/mol. The van der Waals surface area contributed by atoms with Crippen molar-refractivity contribution in [2.75, 3.05) is 46.3 Å². The van der Waals surface area contributed by atoms with Crippen LogP contribution < -0.4 is 5.32 Å². The van der Waals surface area contributed by atoms with Crippen LogP contribution in [0.5, 0.6) is 0 Å². The molecule has 0 aliphatic carbocycles. The molecule has 1 heterocycles. The number of nitrogens with one attached hydrogen (secondary N) is 1. The van der Waals surface area contributed by atoms with Crippen LogP contribution in [0.15, 0.2) is 0 Å². The van der Waals surface area contributed by atoms with E-state index in [-0.39, 0.29) is 0 Å². The van der Waals surface area contributed by atoms with Gasteiger partial charge in [0.05, 0.1) is 0 Å². The first-order chi connectivity index (χ1) is 5.33. The van der Waals surface area contributed by atoms with Crippen LogP contribution in [0.4, 0.5) is 0 Å². The molecular formula is C8H18N3. The lowest BCUT2D eigenvalue weighted by Gasteiger charge is -2.31. The number of piperazine rings is 1. The lowest BCUT2D eigenvalue weighted by Crippen LogP contribution is -2.45. The third-order valence-electron chi connectivity index (χ3n) is 2.14. The summed E-state index contributed by atoms with van der Waals surface area (Å²) < 4.78 is 0. The summed E-state index contributed by atoms with van der Waals surface area (Å²) in [5.41, 5.74) is 0. The zero-order chi connectivity index (χ0) is 8.10. The Balaban J connectivity index is 2.07. The standard InChI is InChI=1S/C8H18N3/c1-9-3-4-11-7-5-10(2)6-8-11/h9H,2-8H2,1H3. The van der Waals surface area contributed by atoms with E-state index in [4.69, 9.17) is 0 Å². The van der Waals surface area contributed by atoms with Gasteiger partial charge in [0, 0.05) is 46.3 Å². The summed E-state index contributed by atoms with van der Waals surface area (Å²) in [5.74, 6) is 0. The highest BCUT2D eigenvalue weighted by Gasteiger charge is 2.12. The maximum Gasteiger partial charge on any atom is 0.0110 e. The quantitative estimate of drug-likeness (QED) is 0.600. The number of hydrogen-bond donors (Lipinski definition) is 1. The van der Waals surface area contributed by atoms with E-state index in [2.05, 4.69) is 22.2 Å². The van der Waals surface area contributed by atoms with Gasteiger partial charge in [-0.25, -0.2) is 0 Å². The average molecular weight is 156 g/mol. The van der Waals surface area contributed by atoms with E-state index in [0.29, 0.717) is 0 Å². The fraction of sp³-hybridized carbons (Fsp3) is 0.875. The summed E-state index contributed by atoms with van der Waals surface area (Å²) in [5, 5.41) is 3.16. The Labute approximate surface area is 69.4 Å². The van der Waals surface area contributed by atoms with E-state index < -0.39 is 0 Å². The summed E-state index contributed by atoms with van der Waals surface area (Å²) in [7, 11) is 5.90. The summed E-state index contributed by atoms with van der Waals surface area (Å²) in [4.78, 5) is 4.61. The SMILES string of the molecule is [CH2]N1CCN(CCNC)CC1. The van der Waals surface area contributed by atoms with Crippen LogP contribution in [0.2, 0.25) is 0 Å². The van der Waals surface area contributed by atoms with Crippen molar-refractivity contribution in [3.63, 3.8) is 0 Å². The number of likely N-dealkylation sites (N-methyl/N-ethyl adjacent to an activating group) is 1. The van der Waals surface area contributed by atoms with Crippen molar-refractivity contribution in [2.24, 2.45) is 0 Å². The summed E-state index contributed by atoms with van der Waals surface area (Å²) >= 11 is 0. The van der Waals surface area contributed by atoms with Crippen LogP contribution in [-0.4, -0.2) is 56.1 Å². The van der Waals surface area contributed by atoms with Crippen molar-refractivity contribution < 1.29 is 0 Å². The molecule has 1 fully saturated rings. The van der Waals surface area contributed by atoms with Gasteiger partial charge in [0.1, 0.15) is 0 Å². The van der Waals surface area contributed by atoms with Crippen molar-refractivity contribution in [3.8, 4) is 0 Å². The highest BCUT2D eigenvalue weighted by atomic mass is 15.2. The van der Waals surface area contributed by atoms with Gasteiger partial charge in [-0.3, -0.25) is 9.80 Å². The Morgan fingerprint density at radius 2 is 1.91 bits per heavy atom. The Morgan fingerprint density at radius 3 is 2.45 bits per heavy atom. The van der Waals surface area contributed by atoms with Crippen LogP contribution in [0, 0.1) is 7.05 Å². The molecule has 1 aliphatic rings. The lowest BCUT2D eigenvalue weighted by molar-refractivity contribution is 0.168. The van der Waals surface area contributed by atoms with E-state index >= 15 is 0 Å². The van der Waals surface area contributed by atoms with Gasteiger partial charge >= 0.3 is 0 Å². The minimum atomic E-state index is 1.09. The molecule has 0 aromatic heterocycles. The van der Waals surface area contributed by atoms with Crippen LogP contribution in [0.3, 0.4) is 0 Å². The van der Waals surface area contributed by atoms with Crippen molar-refractivity contribution in [1.29, 1.82) is 0 Å². The van der Waals surface area contributed by atoms with Gasteiger partial charge in [-0.15, -0.1) is 0 Å². The molecule has 0 aromatic rings. The van der Waals surface area contributed by atoms with Crippen molar-refractivity contribution in [3.05, 3.63) is 7.05 Å². The molecule has 0 amide bonds. The first-order valence-electron chi connectivity index (χ1n) is 4.25. The summed E-state index contributed by atoms with van der Waals surface area (Å²) in [6.07, 6.45) is 0. The Hall–Kier alpha value is -0.120. The smallest absolute Gasteiger partial charge is 0.0110 e. The predicted octanol–water partition coefficient (Wildman–Crippen LogP) is -0.385. The molecule has 1 N–H and O–H groups in total. The third kappa shape index (κ3) is 3.18. The average Bonchev–Trinajstić information content (AvgIpc) is 2.04. The third-order valence-corrected chi connectivity index (χ3v) is 2.14. The molecule has 0 saturated carbocycles. The zero-order valence-electron chi connectivity index (χ0n) is 7.34. The molecule has 3 heteroatoms. The molecule has 0 unspecified atom stereocenters. The molecule has 1 saturated heterocycles. The van der Waals surface area contributed by atoms with Crippen molar-refractivity contribution >= 4 is 0 Å². The molecule has 0 spiro atoms. The molecule has 0 aromatic carbocycles. The van der Waals surface area contributed by atoms with Crippen LogP contribution >= 0.6 is 0 Å². The Kier molecular flexibility index (Phi) is 3.83. The highest BCUT2D eigenvalue weighted by molar-refractivity contribution is 4.70.